The van der Waals surface area contributed by atoms with Gasteiger partial charge in [0.25, 0.3) is 0 Å². The molecule has 2 aromatic rings. The highest BCUT2D eigenvalue weighted by Gasteiger charge is 2.28. The Balaban J connectivity index is 1.63. The van der Waals surface area contributed by atoms with Gasteiger partial charge in [0.2, 0.25) is 5.88 Å². The average molecular weight is 369 g/mol. The first-order valence-electron chi connectivity index (χ1n) is 7.12. The van der Waals surface area contributed by atoms with Crippen LogP contribution >= 0.6 is 23.2 Å². The number of halogens is 2. The summed E-state index contributed by atoms with van der Waals surface area (Å²) in [5.74, 6) is 0.976. The summed E-state index contributed by atoms with van der Waals surface area (Å²) in [6.45, 7) is 0.385. The van der Waals surface area contributed by atoms with Crippen molar-refractivity contribution in [3.8, 4) is 11.6 Å². The minimum Gasteiger partial charge on any atom is -0.496 e. The van der Waals surface area contributed by atoms with Crippen molar-refractivity contribution in [1.29, 1.82) is 0 Å². The summed E-state index contributed by atoms with van der Waals surface area (Å²) in [7, 11) is 1.50. The lowest BCUT2D eigenvalue weighted by Crippen LogP contribution is -2.26. The van der Waals surface area contributed by atoms with Crippen LogP contribution in [0.4, 0.5) is 4.79 Å². The minimum atomic E-state index is -0.589. The van der Waals surface area contributed by atoms with Gasteiger partial charge in [-0.3, -0.25) is 0 Å². The zero-order chi connectivity index (χ0) is 17.1. The lowest BCUT2D eigenvalue weighted by molar-refractivity contribution is 0.0821. The van der Waals surface area contributed by atoms with Crippen LogP contribution in [0.25, 0.3) is 0 Å². The van der Waals surface area contributed by atoms with Gasteiger partial charge in [-0.15, -0.1) is 0 Å². The minimum absolute atomic E-state index is 0.144. The van der Waals surface area contributed by atoms with Gasteiger partial charge in [-0.2, -0.15) is 0 Å². The van der Waals surface area contributed by atoms with E-state index in [2.05, 4.69) is 10.3 Å². The zero-order valence-electron chi connectivity index (χ0n) is 12.7. The molecule has 0 fully saturated rings. The standard InChI is InChI=1S/C16H14Cl2N2O4/c1-22-13-6-9(17)5-12(18)11(13)7-20-16(21)24-14-8-23-15-10(14)3-2-4-19-15/h2-6,14H,7-8H2,1H3,(H,20,21). The second-order valence-corrected chi connectivity index (χ2v) is 5.87. The summed E-state index contributed by atoms with van der Waals surface area (Å²) < 4.78 is 16.0. The third-order valence-electron chi connectivity index (χ3n) is 3.52. The molecule has 8 heteroatoms. The number of ether oxygens (including phenoxy) is 3. The van der Waals surface area contributed by atoms with Gasteiger partial charge in [0.05, 0.1) is 24.2 Å². The number of pyridine rings is 1. The molecular formula is C16H14Cl2N2O4. The number of methoxy groups -OCH3 is 1. The molecule has 1 N–H and O–H groups in total. The molecule has 6 nitrogen and oxygen atoms in total. The van der Waals surface area contributed by atoms with Crippen molar-refractivity contribution in [1.82, 2.24) is 10.3 Å². The molecule has 0 spiro atoms. The van der Waals surface area contributed by atoms with Gasteiger partial charge in [0, 0.05) is 16.8 Å². The largest absolute Gasteiger partial charge is 0.496 e. The molecule has 0 saturated heterocycles. The average Bonchev–Trinajstić information content (AvgIpc) is 2.96. The maximum atomic E-state index is 12.0. The Bertz CT molecular complexity index is 770. The molecule has 1 aliphatic rings. The molecule has 1 aromatic carbocycles. The Morgan fingerprint density at radius 3 is 3.08 bits per heavy atom. The molecule has 1 aliphatic heterocycles. The van der Waals surface area contributed by atoms with Gasteiger partial charge >= 0.3 is 6.09 Å². The molecule has 0 bridgehead atoms. The molecule has 1 unspecified atom stereocenters. The number of carbonyl (C=O) groups is 1. The second-order valence-electron chi connectivity index (χ2n) is 5.02. The van der Waals surface area contributed by atoms with E-state index in [4.69, 9.17) is 37.4 Å². The highest BCUT2D eigenvalue weighted by molar-refractivity contribution is 6.35. The van der Waals surface area contributed by atoms with Crippen molar-refractivity contribution in [2.75, 3.05) is 13.7 Å². The normalized spacial score (nSPS) is 15.4. The van der Waals surface area contributed by atoms with Crippen LogP contribution in [-0.4, -0.2) is 24.8 Å². The maximum absolute atomic E-state index is 12.0. The van der Waals surface area contributed by atoms with E-state index >= 15 is 0 Å². The predicted octanol–water partition coefficient (Wildman–Crippen LogP) is 3.76. The summed E-state index contributed by atoms with van der Waals surface area (Å²) in [6.07, 6.45) is 0.542. The van der Waals surface area contributed by atoms with E-state index in [1.807, 2.05) is 6.07 Å². The van der Waals surface area contributed by atoms with E-state index in [1.54, 1.807) is 24.4 Å². The number of rotatable bonds is 4. The van der Waals surface area contributed by atoms with Gasteiger partial charge in [0.15, 0.2) is 6.10 Å². The van der Waals surface area contributed by atoms with Gasteiger partial charge in [-0.1, -0.05) is 23.2 Å². The molecule has 3 rings (SSSR count). The van der Waals surface area contributed by atoms with E-state index in [0.717, 1.165) is 5.56 Å². The Morgan fingerprint density at radius 1 is 1.46 bits per heavy atom. The van der Waals surface area contributed by atoms with Crippen molar-refractivity contribution in [2.24, 2.45) is 0 Å². The van der Waals surface area contributed by atoms with Crippen LogP contribution in [0, 0.1) is 0 Å². The first-order valence-corrected chi connectivity index (χ1v) is 7.88. The van der Waals surface area contributed by atoms with Gasteiger partial charge in [-0.25, -0.2) is 9.78 Å². The van der Waals surface area contributed by atoms with E-state index in [0.29, 0.717) is 27.2 Å². The zero-order valence-corrected chi connectivity index (χ0v) is 14.2. The monoisotopic (exact) mass is 368 g/mol. The number of aromatic nitrogens is 1. The number of fused-ring (bicyclic) bond motifs is 1. The molecule has 0 saturated carbocycles. The second kappa shape index (κ2) is 7.15. The van der Waals surface area contributed by atoms with Crippen LogP contribution in [-0.2, 0) is 11.3 Å². The molecule has 2 heterocycles. The fraction of sp³-hybridized carbons (Fsp3) is 0.250. The van der Waals surface area contributed by atoms with Crippen LogP contribution in [0.1, 0.15) is 17.2 Å². The Hall–Kier alpha value is -2.18. The van der Waals surface area contributed by atoms with E-state index in [-0.39, 0.29) is 13.2 Å². The van der Waals surface area contributed by atoms with E-state index in [1.165, 1.54) is 7.11 Å². The van der Waals surface area contributed by atoms with Crippen LogP contribution in [0.5, 0.6) is 11.6 Å². The van der Waals surface area contributed by atoms with Gasteiger partial charge < -0.3 is 19.5 Å². The Kier molecular flexibility index (Phi) is 4.97. The number of carbonyl (C=O) groups excluding carboxylic acids is 1. The first-order chi connectivity index (χ1) is 11.6. The van der Waals surface area contributed by atoms with Crippen LogP contribution in [0.15, 0.2) is 30.5 Å². The first kappa shape index (κ1) is 16.7. The number of hydrogen-bond donors (Lipinski definition) is 1. The summed E-state index contributed by atoms with van der Waals surface area (Å²) in [6, 6.07) is 6.79. The number of alkyl carbamates (subject to hydrolysis) is 1. The quantitative estimate of drug-likeness (QED) is 0.889. The Morgan fingerprint density at radius 2 is 2.29 bits per heavy atom. The van der Waals surface area contributed by atoms with Crippen LogP contribution in [0.2, 0.25) is 10.0 Å². The molecular weight excluding hydrogens is 355 g/mol. The highest BCUT2D eigenvalue weighted by Crippen LogP contribution is 2.33. The number of hydrogen-bond acceptors (Lipinski definition) is 5. The third-order valence-corrected chi connectivity index (χ3v) is 4.07. The SMILES string of the molecule is COc1cc(Cl)cc(Cl)c1CNC(=O)OC1COc2ncccc21. The number of amides is 1. The smallest absolute Gasteiger partial charge is 0.408 e. The van der Waals surface area contributed by atoms with Crippen molar-refractivity contribution < 1.29 is 19.0 Å². The fourth-order valence-corrected chi connectivity index (χ4v) is 2.92. The van der Waals surface area contributed by atoms with Crippen LogP contribution < -0.4 is 14.8 Å². The molecule has 1 amide bonds. The third kappa shape index (κ3) is 3.49. The van der Waals surface area contributed by atoms with Crippen molar-refractivity contribution >= 4 is 29.3 Å². The van der Waals surface area contributed by atoms with Gasteiger partial charge in [-0.05, 0) is 24.3 Å². The highest BCUT2D eigenvalue weighted by atomic mass is 35.5. The summed E-state index contributed by atoms with van der Waals surface area (Å²) in [4.78, 5) is 16.1. The number of nitrogens with zero attached hydrogens (tertiary/aromatic N) is 1. The van der Waals surface area contributed by atoms with Crippen molar-refractivity contribution in [3.63, 3.8) is 0 Å². The fourth-order valence-electron chi connectivity index (χ4n) is 2.38. The van der Waals surface area contributed by atoms with Crippen LogP contribution in [0.3, 0.4) is 0 Å². The maximum Gasteiger partial charge on any atom is 0.408 e. The number of benzene rings is 1. The molecule has 126 valence electrons. The summed E-state index contributed by atoms with van der Waals surface area (Å²) in [5.41, 5.74) is 1.36. The lowest BCUT2D eigenvalue weighted by Gasteiger charge is -2.14. The summed E-state index contributed by atoms with van der Waals surface area (Å²) >= 11 is 12.1. The topological polar surface area (TPSA) is 69.7 Å². The molecule has 0 radical (unpaired) electrons. The Labute approximate surface area is 148 Å². The predicted molar refractivity (Wildman–Crippen MR) is 88.8 cm³/mol. The lowest BCUT2D eigenvalue weighted by atomic mass is 10.2. The van der Waals surface area contributed by atoms with Crippen molar-refractivity contribution in [2.45, 2.75) is 12.6 Å². The van der Waals surface area contributed by atoms with E-state index in [9.17, 15) is 4.79 Å². The molecule has 0 aliphatic carbocycles. The summed E-state index contributed by atoms with van der Waals surface area (Å²) in [5, 5.41) is 3.50. The molecule has 24 heavy (non-hydrogen) atoms. The van der Waals surface area contributed by atoms with Crippen molar-refractivity contribution in [3.05, 3.63) is 51.6 Å². The van der Waals surface area contributed by atoms with Gasteiger partial charge in [0.1, 0.15) is 12.4 Å². The number of nitrogens with one attached hydrogen (secondary N) is 1. The molecule has 1 aromatic heterocycles. The van der Waals surface area contributed by atoms with E-state index < -0.39 is 12.2 Å². The molecule has 1 atom stereocenters.